The summed E-state index contributed by atoms with van der Waals surface area (Å²) in [7, 11) is 0. The highest BCUT2D eigenvalue weighted by atomic mass is 16.1. The summed E-state index contributed by atoms with van der Waals surface area (Å²) in [4.78, 5) is 11.9. The van der Waals surface area contributed by atoms with Crippen LogP contribution < -0.4 is 11.1 Å². The van der Waals surface area contributed by atoms with Crippen molar-refractivity contribution in [1.82, 2.24) is 15.1 Å². The molecule has 3 N–H and O–H groups in total. The van der Waals surface area contributed by atoms with Crippen molar-refractivity contribution >= 4 is 11.6 Å². The van der Waals surface area contributed by atoms with Crippen LogP contribution in [0.5, 0.6) is 0 Å². The second-order valence-corrected chi connectivity index (χ2v) is 4.16. The van der Waals surface area contributed by atoms with Crippen molar-refractivity contribution in [3.8, 4) is 0 Å². The van der Waals surface area contributed by atoms with E-state index in [1.54, 1.807) is 16.9 Å². The van der Waals surface area contributed by atoms with Crippen LogP contribution in [0.15, 0.2) is 36.7 Å². The lowest BCUT2D eigenvalue weighted by molar-refractivity contribution is 0.0952. The summed E-state index contributed by atoms with van der Waals surface area (Å²) in [6, 6.07) is 7.18. The number of hydrogen-bond donors (Lipinski definition) is 2. The summed E-state index contributed by atoms with van der Waals surface area (Å²) in [5.41, 5.74) is 7.88. The van der Waals surface area contributed by atoms with Crippen LogP contribution in [-0.4, -0.2) is 22.2 Å². The number of aryl methyl sites for hydroxylation is 1. The van der Waals surface area contributed by atoms with Crippen molar-refractivity contribution in [3.05, 3.63) is 47.8 Å². The van der Waals surface area contributed by atoms with Gasteiger partial charge in [-0.05, 0) is 36.8 Å². The molecule has 0 atom stereocenters. The molecule has 2 rings (SSSR count). The molecule has 0 fully saturated rings. The van der Waals surface area contributed by atoms with Gasteiger partial charge in [0.05, 0.1) is 6.54 Å². The van der Waals surface area contributed by atoms with Crippen LogP contribution in [0.2, 0.25) is 0 Å². The van der Waals surface area contributed by atoms with Gasteiger partial charge in [-0.3, -0.25) is 9.48 Å². The number of nitrogen functional groups attached to an aromatic ring is 1. The molecule has 0 bridgehead atoms. The van der Waals surface area contributed by atoms with Crippen LogP contribution in [0, 0.1) is 6.92 Å². The zero-order chi connectivity index (χ0) is 13.0. The highest BCUT2D eigenvalue weighted by Gasteiger charge is 2.06. The number of hydrogen-bond acceptors (Lipinski definition) is 3. The van der Waals surface area contributed by atoms with Gasteiger partial charge in [-0.1, -0.05) is 0 Å². The number of anilines is 1. The first kappa shape index (κ1) is 12.2. The van der Waals surface area contributed by atoms with E-state index in [1.165, 1.54) is 0 Å². The zero-order valence-electron chi connectivity index (χ0n) is 10.3. The number of nitrogens with zero attached hydrogens (tertiary/aromatic N) is 2. The average Bonchev–Trinajstić information content (AvgIpc) is 2.80. The molecule has 1 aromatic carbocycles. The summed E-state index contributed by atoms with van der Waals surface area (Å²) < 4.78 is 1.77. The molecule has 0 aliphatic rings. The van der Waals surface area contributed by atoms with Crippen LogP contribution in [0.3, 0.4) is 0 Å². The van der Waals surface area contributed by atoms with Crippen molar-refractivity contribution in [2.45, 2.75) is 13.5 Å². The smallest absolute Gasteiger partial charge is 0.251 e. The Bertz CT molecular complexity index is 514. The number of carbonyl (C=O) groups is 1. The quantitative estimate of drug-likeness (QED) is 0.794. The molecule has 0 saturated carbocycles. The molecule has 1 aromatic heterocycles. The van der Waals surface area contributed by atoms with E-state index >= 15 is 0 Å². The first-order chi connectivity index (χ1) is 8.65. The maximum atomic E-state index is 11.9. The van der Waals surface area contributed by atoms with Gasteiger partial charge in [0.25, 0.3) is 5.91 Å². The Morgan fingerprint density at radius 2 is 2.28 bits per heavy atom. The van der Waals surface area contributed by atoms with Gasteiger partial charge < -0.3 is 11.1 Å². The maximum Gasteiger partial charge on any atom is 0.251 e. The fraction of sp³-hybridized carbons (Fsp3) is 0.231. The normalized spacial score (nSPS) is 10.3. The van der Waals surface area contributed by atoms with E-state index in [9.17, 15) is 4.79 Å². The van der Waals surface area contributed by atoms with Gasteiger partial charge in [0.2, 0.25) is 0 Å². The van der Waals surface area contributed by atoms with E-state index in [-0.39, 0.29) is 5.91 Å². The summed E-state index contributed by atoms with van der Waals surface area (Å²) in [5, 5.41) is 6.90. The molecule has 5 heteroatoms. The average molecular weight is 244 g/mol. The van der Waals surface area contributed by atoms with E-state index in [4.69, 9.17) is 5.73 Å². The number of rotatable bonds is 4. The van der Waals surface area contributed by atoms with Crippen LogP contribution in [-0.2, 0) is 6.54 Å². The van der Waals surface area contributed by atoms with E-state index in [2.05, 4.69) is 10.4 Å². The lowest BCUT2D eigenvalue weighted by atomic mass is 10.1. The molecule has 2 aromatic rings. The molecular weight excluding hydrogens is 228 g/mol. The van der Waals surface area contributed by atoms with Gasteiger partial charge in [0.1, 0.15) is 0 Å². The standard InChI is InChI=1S/C13H16N4O/c1-10-7-11(9-12(14)8-10)13(18)15-4-6-17-5-2-3-16-17/h2-3,5,7-9H,4,6,14H2,1H3,(H,15,18). The molecule has 0 saturated heterocycles. The SMILES string of the molecule is Cc1cc(N)cc(C(=O)NCCn2cccn2)c1. The first-order valence-electron chi connectivity index (χ1n) is 5.78. The van der Waals surface area contributed by atoms with Gasteiger partial charge in [-0.15, -0.1) is 0 Å². The number of amides is 1. The third-order valence-corrected chi connectivity index (χ3v) is 2.55. The third-order valence-electron chi connectivity index (χ3n) is 2.55. The molecule has 94 valence electrons. The molecule has 1 amide bonds. The monoisotopic (exact) mass is 244 g/mol. The summed E-state index contributed by atoms with van der Waals surface area (Å²) in [6.07, 6.45) is 3.57. The van der Waals surface area contributed by atoms with Crippen molar-refractivity contribution in [2.24, 2.45) is 0 Å². The van der Waals surface area contributed by atoms with Crippen LogP contribution in [0.4, 0.5) is 5.69 Å². The van der Waals surface area contributed by atoms with Gasteiger partial charge in [-0.2, -0.15) is 5.10 Å². The number of benzene rings is 1. The van der Waals surface area contributed by atoms with Gasteiger partial charge in [-0.25, -0.2) is 0 Å². The summed E-state index contributed by atoms with van der Waals surface area (Å²) in [6.45, 7) is 3.10. The van der Waals surface area contributed by atoms with Gasteiger partial charge >= 0.3 is 0 Å². The molecule has 0 unspecified atom stereocenters. The Labute approximate surface area is 106 Å². The predicted octanol–water partition coefficient (Wildman–Crippen LogP) is 1.20. The van der Waals surface area contributed by atoms with Crippen LogP contribution >= 0.6 is 0 Å². The molecule has 0 aliphatic heterocycles. The lowest BCUT2D eigenvalue weighted by Crippen LogP contribution is -2.27. The molecule has 0 aliphatic carbocycles. The largest absolute Gasteiger partial charge is 0.399 e. The van der Waals surface area contributed by atoms with Crippen molar-refractivity contribution in [2.75, 3.05) is 12.3 Å². The molecule has 0 radical (unpaired) electrons. The minimum atomic E-state index is -0.113. The van der Waals surface area contributed by atoms with Crippen molar-refractivity contribution in [1.29, 1.82) is 0 Å². The van der Waals surface area contributed by atoms with E-state index < -0.39 is 0 Å². The topological polar surface area (TPSA) is 72.9 Å². The minimum absolute atomic E-state index is 0.113. The van der Waals surface area contributed by atoms with Gasteiger partial charge in [0.15, 0.2) is 0 Å². The van der Waals surface area contributed by atoms with Gasteiger partial charge in [0, 0.05) is 30.2 Å². The Kier molecular flexibility index (Phi) is 3.62. The second kappa shape index (κ2) is 5.35. The second-order valence-electron chi connectivity index (χ2n) is 4.16. The third kappa shape index (κ3) is 3.10. The Hall–Kier alpha value is -2.30. The van der Waals surface area contributed by atoms with Crippen molar-refractivity contribution < 1.29 is 4.79 Å². The lowest BCUT2D eigenvalue weighted by Gasteiger charge is -2.07. The van der Waals surface area contributed by atoms with E-state index in [0.717, 1.165) is 5.56 Å². The number of nitrogens with one attached hydrogen (secondary N) is 1. The molecule has 1 heterocycles. The first-order valence-corrected chi connectivity index (χ1v) is 5.78. The number of nitrogens with two attached hydrogens (primary N) is 1. The highest BCUT2D eigenvalue weighted by molar-refractivity contribution is 5.95. The summed E-state index contributed by atoms with van der Waals surface area (Å²) in [5.74, 6) is -0.113. The number of carbonyl (C=O) groups excluding carboxylic acids is 1. The van der Waals surface area contributed by atoms with Crippen LogP contribution in [0.1, 0.15) is 15.9 Å². The van der Waals surface area contributed by atoms with E-state index in [0.29, 0.717) is 24.3 Å². The highest BCUT2D eigenvalue weighted by Crippen LogP contribution is 2.10. The van der Waals surface area contributed by atoms with E-state index in [1.807, 2.05) is 31.3 Å². The Morgan fingerprint density at radius 1 is 1.44 bits per heavy atom. The Balaban J connectivity index is 1.91. The fourth-order valence-electron chi connectivity index (χ4n) is 1.76. The fourth-order valence-corrected chi connectivity index (χ4v) is 1.76. The zero-order valence-corrected chi connectivity index (χ0v) is 10.3. The minimum Gasteiger partial charge on any atom is -0.399 e. The predicted molar refractivity (Wildman–Crippen MR) is 70.2 cm³/mol. The molecule has 18 heavy (non-hydrogen) atoms. The maximum absolute atomic E-state index is 11.9. The van der Waals surface area contributed by atoms with Crippen molar-refractivity contribution in [3.63, 3.8) is 0 Å². The Morgan fingerprint density at radius 3 is 2.94 bits per heavy atom. The number of aromatic nitrogens is 2. The molecule has 0 spiro atoms. The summed E-state index contributed by atoms with van der Waals surface area (Å²) >= 11 is 0. The van der Waals surface area contributed by atoms with Crippen LogP contribution in [0.25, 0.3) is 0 Å². The molecule has 5 nitrogen and oxygen atoms in total. The molecular formula is C13H16N4O.